The van der Waals surface area contributed by atoms with Crippen LogP contribution in [0.25, 0.3) is 0 Å². The number of nitriles is 1. The minimum absolute atomic E-state index is 0.217. The molecule has 0 unspecified atom stereocenters. The Labute approximate surface area is 91.9 Å². The third kappa shape index (κ3) is 3.94. The molecule has 1 N–H and O–H groups in total. The Hall–Kier alpha value is -1.64. The molecule has 78 valence electrons. The molecular weight excluding hydrogens is 214 g/mol. The summed E-state index contributed by atoms with van der Waals surface area (Å²) >= 11 is 0.963. The van der Waals surface area contributed by atoms with E-state index in [9.17, 15) is 0 Å². The van der Waals surface area contributed by atoms with Gasteiger partial charge in [0.25, 0.3) is 5.76 Å². The Morgan fingerprint density at radius 2 is 2.07 bits per heavy atom. The lowest BCUT2D eigenvalue weighted by Gasteiger charge is -2.01. The van der Waals surface area contributed by atoms with E-state index in [-0.39, 0.29) is 11.5 Å². The summed E-state index contributed by atoms with van der Waals surface area (Å²) in [4.78, 5) is 5.43. The first kappa shape index (κ1) is 11.4. The van der Waals surface area contributed by atoms with E-state index in [0.717, 1.165) is 16.9 Å². The van der Waals surface area contributed by atoms with Gasteiger partial charge in [0.1, 0.15) is 11.8 Å². The van der Waals surface area contributed by atoms with E-state index < -0.39 is 0 Å². The Bertz CT molecular complexity index is 379. The smallest absolute Gasteiger partial charge is 0.279 e. The maximum atomic E-state index is 8.95. The van der Waals surface area contributed by atoms with Gasteiger partial charge in [-0.1, -0.05) is 18.2 Å². The van der Waals surface area contributed by atoms with Gasteiger partial charge in [-0.2, -0.15) is 5.26 Å². The van der Waals surface area contributed by atoms with Crippen molar-refractivity contribution in [3.8, 4) is 6.07 Å². The Morgan fingerprint density at radius 3 is 2.60 bits per heavy atom. The second-order valence-electron chi connectivity index (χ2n) is 2.57. The fourth-order valence-electron chi connectivity index (χ4n) is 0.726. The Kier molecular flexibility index (Phi) is 4.54. The lowest BCUT2D eigenvalue weighted by molar-refractivity contribution is -0.144. The highest BCUT2D eigenvalue weighted by Gasteiger charge is 2.03. The van der Waals surface area contributed by atoms with Crippen LogP contribution in [0.1, 0.15) is 6.92 Å². The lowest BCUT2D eigenvalue weighted by atomic mass is 10.4. The average Bonchev–Trinajstić information content (AvgIpc) is 2.25. The summed E-state index contributed by atoms with van der Waals surface area (Å²) in [7, 11) is 0. The lowest BCUT2D eigenvalue weighted by Crippen LogP contribution is -1.90. The molecule has 0 saturated carbocycles. The maximum absolute atomic E-state index is 8.95. The number of aliphatic hydroxyl groups excluding tert-OH is 1. The number of allylic oxidation sites excluding steroid dienone is 2. The van der Waals surface area contributed by atoms with E-state index in [0.29, 0.717) is 0 Å². The number of benzene rings is 1. The molecule has 0 bridgehead atoms. The molecular formula is C10H9NO3S. The molecule has 0 saturated heterocycles. The van der Waals surface area contributed by atoms with Gasteiger partial charge in [0.15, 0.2) is 0 Å². The summed E-state index contributed by atoms with van der Waals surface area (Å²) in [6, 6.07) is 10.9. The van der Waals surface area contributed by atoms with Crippen molar-refractivity contribution in [3.63, 3.8) is 0 Å². The number of hydrogen-bond donors (Lipinski definition) is 1. The van der Waals surface area contributed by atoms with Crippen LogP contribution < -0.4 is 0 Å². The zero-order valence-electron chi connectivity index (χ0n) is 8.01. The highest BCUT2D eigenvalue weighted by atomic mass is 32.2. The summed E-state index contributed by atoms with van der Waals surface area (Å²) in [5.74, 6) is -0.468. The van der Waals surface area contributed by atoms with Gasteiger partial charge in [-0.3, -0.25) is 0 Å². The molecule has 5 heteroatoms. The minimum atomic E-state index is -0.251. The topological polar surface area (TPSA) is 62.5 Å². The average molecular weight is 223 g/mol. The summed E-state index contributed by atoms with van der Waals surface area (Å²) in [6.07, 6.45) is 0. The third-order valence-electron chi connectivity index (χ3n) is 1.42. The van der Waals surface area contributed by atoms with Crippen LogP contribution >= 0.6 is 12.0 Å². The summed E-state index contributed by atoms with van der Waals surface area (Å²) in [5.41, 5.74) is 0. The van der Waals surface area contributed by atoms with E-state index in [4.69, 9.17) is 14.7 Å². The Balaban J connectivity index is 2.41. The Morgan fingerprint density at radius 1 is 1.40 bits per heavy atom. The van der Waals surface area contributed by atoms with Crippen LogP contribution in [0.3, 0.4) is 0 Å². The fraction of sp³-hybridized carbons (Fsp3) is 0.100. The van der Waals surface area contributed by atoms with Crippen molar-refractivity contribution in [3.05, 3.63) is 41.9 Å². The molecule has 0 fully saturated rings. The zero-order valence-corrected chi connectivity index (χ0v) is 8.82. The van der Waals surface area contributed by atoms with Gasteiger partial charge in [0.05, 0.1) is 12.0 Å². The van der Waals surface area contributed by atoms with Gasteiger partial charge < -0.3 is 9.99 Å². The summed E-state index contributed by atoms with van der Waals surface area (Å²) in [5, 5.41) is 17.5. The fourth-order valence-corrected chi connectivity index (χ4v) is 1.18. The first-order valence-electron chi connectivity index (χ1n) is 4.10. The molecule has 0 aliphatic carbocycles. The number of aliphatic hydroxyl groups is 1. The van der Waals surface area contributed by atoms with Crippen molar-refractivity contribution in [1.29, 1.82) is 5.26 Å². The maximum Gasteiger partial charge on any atom is 0.279 e. The number of nitrogens with zero attached hydrogens (tertiary/aromatic N) is 1. The van der Waals surface area contributed by atoms with Crippen LogP contribution in [-0.2, 0) is 9.22 Å². The van der Waals surface area contributed by atoms with Gasteiger partial charge in [0, 0.05) is 4.90 Å². The van der Waals surface area contributed by atoms with Crippen LogP contribution in [0.15, 0.2) is 46.7 Å². The molecule has 0 amide bonds. The van der Waals surface area contributed by atoms with Gasteiger partial charge in [-0.25, -0.2) is 0 Å². The van der Waals surface area contributed by atoms with Crippen LogP contribution in [0.5, 0.6) is 0 Å². The number of hydrogen-bond acceptors (Lipinski definition) is 5. The predicted octanol–water partition coefficient (Wildman–Crippen LogP) is 2.95. The highest BCUT2D eigenvalue weighted by molar-refractivity contribution is 7.94. The van der Waals surface area contributed by atoms with Gasteiger partial charge in [-0.15, -0.1) is 4.33 Å². The quantitative estimate of drug-likeness (QED) is 0.279. The highest BCUT2D eigenvalue weighted by Crippen LogP contribution is 2.20. The van der Waals surface area contributed by atoms with Crippen molar-refractivity contribution in [2.24, 2.45) is 0 Å². The third-order valence-corrected chi connectivity index (χ3v) is 2.02. The molecule has 15 heavy (non-hydrogen) atoms. The zero-order chi connectivity index (χ0) is 11.1. The second-order valence-corrected chi connectivity index (χ2v) is 3.35. The molecule has 0 aromatic heterocycles. The largest absolute Gasteiger partial charge is 0.508 e. The van der Waals surface area contributed by atoms with Crippen LogP contribution in [-0.4, -0.2) is 5.11 Å². The number of rotatable bonds is 4. The molecule has 0 aliphatic rings. The molecule has 1 aromatic carbocycles. The molecule has 0 aliphatic heterocycles. The molecule has 0 radical (unpaired) electrons. The first-order valence-corrected chi connectivity index (χ1v) is 4.84. The molecule has 1 aromatic rings. The van der Waals surface area contributed by atoms with Crippen molar-refractivity contribution in [2.45, 2.75) is 11.8 Å². The molecule has 0 heterocycles. The summed E-state index contributed by atoms with van der Waals surface area (Å²) < 4.78 is 4.71. The first-order chi connectivity index (χ1) is 7.24. The molecule has 1 rings (SSSR count). The second kappa shape index (κ2) is 5.96. The van der Waals surface area contributed by atoms with E-state index in [1.54, 1.807) is 6.07 Å². The van der Waals surface area contributed by atoms with Crippen LogP contribution in [0.4, 0.5) is 0 Å². The van der Waals surface area contributed by atoms with Gasteiger partial charge in [-0.05, 0) is 19.1 Å². The van der Waals surface area contributed by atoms with E-state index in [1.807, 2.05) is 30.3 Å². The van der Waals surface area contributed by atoms with E-state index in [2.05, 4.69) is 4.89 Å². The monoisotopic (exact) mass is 223 g/mol. The van der Waals surface area contributed by atoms with Gasteiger partial charge >= 0.3 is 0 Å². The van der Waals surface area contributed by atoms with Crippen molar-refractivity contribution in [1.82, 2.24) is 0 Å². The van der Waals surface area contributed by atoms with Crippen molar-refractivity contribution >= 4 is 12.0 Å². The van der Waals surface area contributed by atoms with Crippen LogP contribution in [0.2, 0.25) is 0 Å². The van der Waals surface area contributed by atoms with E-state index in [1.165, 1.54) is 6.92 Å². The molecule has 0 spiro atoms. The van der Waals surface area contributed by atoms with Crippen LogP contribution in [0, 0.1) is 11.3 Å². The SMILES string of the molecule is C/C(O)=C(\C#N)OOSc1ccccc1. The minimum Gasteiger partial charge on any atom is -0.508 e. The van der Waals surface area contributed by atoms with Crippen molar-refractivity contribution < 1.29 is 14.3 Å². The van der Waals surface area contributed by atoms with Crippen molar-refractivity contribution in [2.75, 3.05) is 0 Å². The summed E-state index contributed by atoms with van der Waals surface area (Å²) in [6.45, 7) is 1.34. The van der Waals surface area contributed by atoms with E-state index >= 15 is 0 Å². The molecule has 4 nitrogen and oxygen atoms in total. The normalized spacial score (nSPS) is 11.5. The standard InChI is InChI=1S/C10H9NO3S/c1-8(12)10(7-11)13-14-15-9-5-3-2-4-6-9/h2-6,12H,1H3/b10-8-. The molecule has 0 atom stereocenters. The van der Waals surface area contributed by atoms with Gasteiger partial charge in [0.2, 0.25) is 0 Å². The predicted molar refractivity (Wildman–Crippen MR) is 55.4 cm³/mol.